The van der Waals surface area contributed by atoms with Crippen LogP contribution in [-0.2, 0) is 4.79 Å². The Morgan fingerprint density at radius 2 is 1.76 bits per heavy atom. The summed E-state index contributed by atoms with van der Waals surface area (Å²) in [5, 5.41) is 0. The van der Waals surface area contributed by atoms with Gasteiger partial charge in [0.2, 0.25) is 0 Å². The van der Waals surface area contributed by atoms with Crippen molar-refractivity contribution >= 4 is 5.78 Å². The van der Waals surface area contributed by atoms with Gasteiger partial charge in [0.1, 0.15) is 5.78 Å². The third-order valence-corrected chi connectivity index (χ3v) is 4.16. The van der Waals surface area contributed by atoms with Crippen LogP contribution in [0.1, 0.15) is 72.6 Å². The minimum Gasteiger partial charge on any atom is -0.299 e. The third kappa shape index (κ3) is 3.20. The maximum absolute atomic E-state index is 12.1. The molecule has 0 N–H and O–H groups in total. The molecule has 1 rings (SSSR count). The first-order valence-corrected chi connectivity index (χ1v) is 7.25. The summed E-state index contributed by atoms with van der Waals surface area (Å²) in [6.45, 7) is 8.72. The molecule has 0 bridgehead atoms. The molecule has 0 aromatic carbocycles. The summed E-state index contributed by atoms with van der Waals surface area (Å²) in [5.74, 6) is 1.06. The van der Waals surface area contributed by atoms with Crippen LogP contribution in [0.4, 0.5) is 0 Å². The standard InChI is InChI=1S/C16H28O/c1-5-7-9-16(10-8-6-2)14(11-13(3)4)12-15(16)17/h11,14H,5-10,12H2,1-4H3. The smallest absolute Gasteiger partial charge is 0.140 e. The van der Waals surface area contributed by atoms with Crippen molar-refractivity contribution in [1.82, 2.24) is 0 Å². The van der Waals surface area contributed by atoms with Gasteiger partial charge in [0.15, 0.2) is 0 Å². The fraction of sp³-hybridized carbons (Fsp3) is 0.812. The number of hydrogen-bond donors (Lipinski definition) is 0. The van der Waals surface area contributed by atoms with E-state index in [0.29, 0.717) is 11.7 Å². The highest BCUT2D eigenvalue weighted by atomic mass is 16.1. The molecular formula is C16H28O. The van der Waals surface area contributed by atoms with E-state index in [1.165, 1.54) is 31.3 Å². The van der Waals surface area contributed by atoms with E-state index >= 15 is 0 Å². The van der Waals surface area contributed by atoms with E-state index in [9.17, 15) is 4.79 Å². The van der Waals surface area contributed by atoms with Crippen molar-refractivity contribution in [3.05, 3.63) is 11.6 Å². The van der Waals surface area contributed by atoms with Gasteiger partial charge in [0.05, 0.1) is 0 Å². The first-order valence-electron chi connectivity index (χ1n) is 7.25. The lowest BCUT2D eigenvalue weighted by atomic mass is 9.54. The van der Waals surface area contributed by atoms with Crippen molar-refractivity contribution in [2.24, 2.45) is 11.3 Å². The zero-order valence-corrected chi connectivity index (χ0v) is 12.0. The first kappa shape index (κ1) is 14.5. The van der Waals surface area contributed by atoms with Crippen LogP contribution in [0.15, 0.2) is 11.6 Å². The van der Waals surface area contributed by atoms with Crippen molar-refractivity contribution in [2.45, 2.75) is 72.6 Å². The molecule has 98 valence electrons. The molecule has 0 spiro atoms. The molecule has 0 amide bonds. The van der Waals surface area contributed by atoms with Crippen LogP contribution >= 0.6 is 0 Å². The van der Waals surface area contributed by atoms with Gasteiger partial charge < -0.3 is 0 Å². The average molecular weight is 236 g/mol. The van der Waals surface area contributed by atoms with E-state index in [-0.39, 0.29) is 5.41 Å². The topological polar surface area (TPSA) is 17.1 Å². The van der Waals surface area contributed by atoms with Crippen LogP contribution in [0.5, 0.6) is 0 Å². The van der Waals surface area contributed by atoms with Crippen LogP contribution < -0.4 is 0 Å². The predicted octanol–water partition coefficient (Wildman–Crippen LogP) is 4.91. The number of ketones is 1. The number of hydrogen-bond acceptors (Lipinski definition) is 1. The van der Waals surface area contributed by atoms with Crippen LogP contribution in [0.25, 0.3) is 0 Å². The van der Waals surface area contributed by atoms with E-state index in [0.717, 1.165) is 19.3 Å². The Morgan fingerprint density at radius 3 is 2.12 bits per heavy atom. The number of carbonyl (C=O) groups is 1. The Labute approximate surface area is 107 Å². The lowest BCUT2D eigenvalue weighted by Gasteiger charge is -2.47. The normalized spacial score (nSPS) is 22.1. The highest BCUT2D eigenvalue weighted by Gasteiger charge is 2.51. The molecule has 0 aliphatic heterocycles. The van der Waals surface area contributed by atoms with E-state index < -0.39 is 0 Å². The summed E-state index contributed by atoms with van der Waals surface area (Å²) >= 11 is 0. The first-order chi connectivity index (χ1) is 8.06. The maximum atomic E-state index is 12.1. The zero-order valence-electron chi connectivity index (χ0n) is 12.0. The predicted molar refractivity (Wildman–Crippen MR) is 74.0 cm³/mol. The fourth-order valence-corrected chi connectivity index (χ4v) is 3.05. The quantitative estimate of drug-likeness (QED) is 0.574. The molecular weight excluding hydrogens is 208 g/mol. The second kappa shape index (κ2) is 6.37. The molecule has 0 aromatic heterocycles. The van der Waals surface area contributed by atoms with Gasteiger partial charge in [-0.2, -0.15) is 0 Å². The molecule has 1 fully saturated rings. The second-order valence-electron chi connectivity index (χ2n) is 5.84. The Kier molecular flexibility index (Phi) is 5.42. The maximum Gasteiger partial charge on any atom is 0.140 e. The fourth-order valence-electron chi connectivity index (χ4n) is 3.05. The zero-order chi connectivity index (χ0) is 12.9. The molecule has 0 radical (unpaired) electrons. The molecule has 0 heterocycles. The minimum absolute atomic E-state index is 0.0172. The van der Waals surface area contributed by atoms with Gasteiger partial charge in [-0.3, -0.25) is 4.79 Å². The highest BCUT2D eigenvalue weighted by Crippen LogP contribution is 2.51. The molecule has 0 saturated heterocycles. The van der Waals surface area contributed by atoms with Crippen LogP contribution in [0.2, 0.25) is 0 Å². The van der Waals surface area contributed by atoms with E-state index in [4.69, 9.17) is 0 Å². The van der Waals surface area contributed by atoms with E-state index in [2.05, 4.69) is 33.8 Å². The van der Waals surface area contributed by atoms with Gasteiger partial charge in [-0.1, -0.05) is 51.2 Å². The third-order valence-electron chi connectivity index (χ3n) is 4.16. The van der Waals surface area contributed by atoms with Crippen LogP contribution in [0, 0.1) is 11.3 Å². The van der Waals surface area contributed by atoms with E-state index in [1.54, 1.807) is 0 Å². The summed E-state index contributed by atoms with van der Waals surface area (Å²) in [4.78, 5) is 12.1. The number of carbonyl (C=O) groups excluding carboxylic acids is 1. The number of Topliss-reactive ketones (excluding diaryl/α,β-unsaturated/α-hetero) is 1. The van der Waals surface area contributed by atoms with Gasteiger partial charge >= 0.3 is 0 Å². The van der Waals surface area contributed by atoms with Crippen molar-refractivity contribution in [1.29, 1.82) is 0 Å². The highest BCUT2D eigenvalue weighted by molar-refractivity contribution is 5.92. The van der Waals surface area contributed by atoms with Gasteiger partial charge in [-0.25, -0.2) is 0 Å². The second-order valence-corrected chi connectivity index (χ2v) is 5.84. The molecule has 17 heavy (non-hydrogen) atoms. The average Bonchev–Trinajstić information content (AvgIpc) is 2.28. The summed E-state index contributed by atoms with van der Waals surface area (Å²) in [6.07, 6.45) is 10.1. The number of unbranched alkanes of at least 4 members (excludes halogenated alkanes) is 2. The van der Waals surface area contributed by atoms with Crippen molar-refractivity contribution < 1.29 is 4.79 Å². The van der Waals surface area contributed by atoms with Gasteiger partial charge in [0, 0.05) is 11.8 Å². The summed E-state index contributed by atoms with van der Waals surface area (Å²) in [7, 11) is 0. The van der Waals surface area contributed by atoms with Crippen molar-refractivity contribution in [3.63, 3.8) is 0 Å². The Bertz CT molecular complexity index is 276. The molecule has 1 saturated carbocycles. The largest absolute Gasteiger partial charge is 0.299 e. The lowest BCUT2D eigenvalue weighted by Crippen LogP contribution is -2.49. The monoisotopic (exact) mass is 236 g/mol. The summed E-state index contributed by atoms with van der Waals surface area (Å²) < 4.78 is 0. The lowest BCUT2D eigenvalue weighted by molar-refractivity contribution is -0.145. The van der Waals surface area contributed by atoms with Crippen LogP contribution in [-0.4, -0.2) is 5.78 Å². The summed E-state index contributed by atoms with van der Waals surface area (Å²) in [6, 6.07) is 0. The van der Waals surface area contributed by atoms with Crippen molar-refractivity contribution in [3.8, 4) is 0 Å². The number of allylic oxidation sites excluding steroid dienone is 2. The van der Waals surface area contributed by atoms with E-state index in [1.807, 2.05) is 0 Å². The minimum atomic E-state index is 0.0172. The Balaban J connectivity index is 2.77. The number of rotatable bonds is 7. The van der Waals surface area contributed by atoms with Gasteiger partial charge in [-0.15, -0.1) is 0 Å². The summed E-state index contributed by atoms with van der Waals surface area (Å²) in [5.41, 5.74) is 1.38. The molecule has 1 atom stereocenters. The SMILES string of the molecule is CCCCC1(CCCC)C(=O)CC1C=C(C)C. The molecule has 1 aliphatic carbocycles. The Morgan fingerprint density at radius 1 is 1.24 bits per heavy atom. The molecule has 0 aromatic rings. The molecule has 1 heteroatoms. The van der Waals surface area contributed by atoms with Crippen molar-refractivity contribution in [2.75, 3.05) is 0 Å². The Hall–Kier alpha value is -0.590. The van der Waals surface area contributed by atoms with Crippen LogP contribution in [0.3, 0.4) is 0 Å². The molecule has 1 aliphatic rings. The molecule has 1 nitrogen and oxygen atoms in total. The molecule has 1 unspecified atom stereocenters. The van der Waals surface area contributed by atoms with Gasteiger partial charge in [-0.05, 0) is 32.6 Å². The van der Waals surface area contributed by atoms with Gasteiger partial charge in [0.25, 0.3) is 0 Å².